The highest BCUT2D eigenvalue weighted by atomic mass is 79.9. The molecular formula is C17H21BrF2N2O. The van der Waals surface area contributed by atoms with E-state index in [-0.39, 0.29) is 24.8 Å². The van der Waals surface area contributed by atoms with Crippen molar-refractivity contribution in [2.45, 2.75) is 50.5 Å². The van der Waals surface area contributed by atoms with Crippen LogP contribution in [-0.2, 0) is 4.74 Å². The first kappa shape index (κ1) is 16.8. The van der Waals surface area contributed by atoms with E-state index < -0.39 is 5.92 Å². The topological polar surface area (TPSA) is 27.1 Å². The zero-order valence-corrected chi connectivity index (χ0v) is 14.9. The van der Waals surface area contributed by atoms with Gasteiger partial charge in [-0.2, -0.15) is 0 Å². The smallest absolute Gasteiger partial charge is 0.248 e. The quantitative estimate of drug-likeness (QED) is 0.712. The minimum Gasteiger partial charge on any atom is -0.383 e. The van der Waals surface area contributed by atoms with Gasteiger partial charge in [0.25, 0.3) is 0 Å². The van der Waals surface area contributed by atoms with Crippen LogP contribution in [0.3, 0.4) is 0 Å². The molecule has 0 N–H and O–H groups in total. The summed E-state index contributed by atoms with van der Waals surface area (Å²) in [6.07, 6.45) is 0.862. The lowest BCUT2D eigenvalue weighted by molar-refractivity contribution is -0.0390. The summed E-state index contributed by atoms with van der Waals surface area (Å²) in [7, 11) is 1.67. The molecular weight excluding hydrogens is 366 g/mol. The molecule has 1 aromatic heterocycles. The molecule has 126 valence electrons. The molecule has 6 heteroatoms. The van der Waals surface area contributed by atoms with Crippen LogP contribution in [0.1, 0.15) is 50.4 Å². The van der Waals surface area contributed by atoms with E-state index in [4.69, 9.17) is 9.72 Å². The summed E-state index contributed by atoms with van der Waals surface area (Å²) in [5.74, 6) is -1.52. The Kier molecular flexibility index (Phi) is 4.74. The number of ether oxygens (including phenoxy) is 1. The zero-order valence-electron chi connectivity index (χ0n) is 13.4. The van der Waals surface area contributed by atoms with Crippen molar-refractivity contribution >= 4 is 27.0 Å². The first-order valence-corrected chi connectivity index (χ1v) is 8.75. The lowest BCUT2D eigenvalue weighted by Gasteiger charge is -2.29. The summed E-state index contributed by atoms with van der Waals surface area (Å²) >= 11 is 3.50. The standard InChI is InChI=1S/C17H21BrF2N2O/c1-11(10-23-2)22-15-9-13(18)3-4-14(15)21-16(22)12-5-7-17(19,20)8-6-12/h3-4,9,11-12H,5-8,10H2,1-2H3. The molecule has 2 aromatic rings. The molecule has 1 aliphatic carbocycles. The fraction of sp³-hybridized carbons (Fsp3) is 0.588. The van der Waals surface area contributed by atoms with Gasteiger partial charge in [0, 0.05) is 30.3 Å². The van der Waals surface area contributed by atoms with E-state index in [0.717, 1.165) is 21.3 Å². The first-order valence-electron chi connectivity index (χ1n) is 7.95. The number of nitrogens with zero attached hydrogens (tertiary/aromatic N) is 2. The molecule has 1 fully saturated rings. The third-order valence-corrected chi connectivity index (χ3v) is 5.10. The summed E-state index contributed by atoms with van der Waals surface area (Å²) in [4.78, 5) is 4.77. The number of halogens is 3. The normalized spacial score (nSPS) is 20.0. The van der Waals surface area contributed by atoms with Crippen LogP contribution in [0, 0.1) is 0 Å². The highest BCUT2D eigenvalue weighted by Gasteiger charge is 2.37. The number of hydrogen-bond acceptors (Lipinski definition) is 2. The van der Waals surface area contributed by atoms with Crippen molar-refractivity contribution in [3.05, 3.63) is 28.5 Å². The number of benzene rings is 1. The molecule has 1 heterocycles. The molecule has 23 heavy (non-hydrogen) atoms. The van der Waals surface area contributed by atoms with Crippen LogP contribution in [0.25, 0.3) is 11.0 Å². The van der Waals surface area contributed by atoms with Gasteiger partial charge in [-0.3, -0.25) is 0 Å². The lowest BCUT2D eigenvalue weighted by Crippen LogP contribution is -2.26. The maximum Gasteiger partial charge on any atom is 0.248 e. The van der Waals surface area contributed by atoms with E-state index in [2.05, 4.69) is 27.4 Å². The van der Waals surface area contributed by atoms with Crippen molar-refractivity contribution < 1.29 is 13.5 Å². The molecule has 1 unspecified atom stereocenters. The molecule has 3 rings (SSSR count). The van der Waals surface area contributed by atoms with Gasteiger partial charge in [-0.25, -0.2) is 13.8 Å². The van der Waals surface area contributed by atoms with Crippen LogP contribution in [0.5, 0.6) is 0 Å². The number of methoxy groups -OCH3 is 1. The van der Waals surface area contributed by atoms with Gasteiger partial charge < -0.3 is 9.30 Å². The molecule has 0 saturated heterocycles. The van der Waals surface area contributed by atoms with Crippen LogP contribution < -0.4 is 0 Å². The number of fused-ring (bicyclic) bond motifs is 1. The Bertz CT molecular complexity index is 691. The predicted molar refractivity (Wildman–Crippen MR) is 90.2 cm³/mol. The molecule has 0 aliphatic heterocycles. The first-order chi connectivity index (χ1) is 10.9. The molecule has 0 spiro atoms. The van der Waals surface area contributed by atoms with Gasteiger partial charge >= 0.3 is 0 Å². The summed E-state index contributed by atoms with van der Waals surface area (Å²) in [5.41, 5.74) is 1.93. The average Bonchev–Trinajstić information content (AvgIpc) is 2.86. The summed E-state index contributed by atoms with van der Waals surface area (Å²) in [5, 5.41) is 0. The van der Waals surface area contributed by atoms with Crippen LogP contribution in [-0.4, -0.2) is 29.2 Å². The van der Waals surface area contributed by atoms with Crippen molar-refractivity contribution in [2.75, 3.05) is 13.7 Å². The Hall–Kier alpha value is -1.01. The molecule has 1 aromatic carbocycles. The number of alkyl halides is 2. The SMILES string of the molecule is COCC(C)n1c(C2CCC(F)(F)CC2)nc2ccc(Br)cc21. The van der Waals surface area contributed by atoms with Crippen molar-refractivity contribution in [1.29, 1.82) is 0 Å². The third-order valence-electron chi connectivity index (χ3n) is 4.61. The Morgan fingerprint density at radius 3 is 2.74 bits per heavy atom. The molecule has 1 atom stereocenters. The minimum absolute atomic E-state index is 0.0524. The molecule has 1 saturated carbocycles. The van der Waals surface area contributed by atoms with Crippen molar-refractivity contribution in [3.63, 3.8) is 0 Å². The van der Waals surface area contributed by atoms with Crippen LogP contribution in [0.4, 0.5) is 8.78 Å². The van der Waals surface area contributed by atoms with Gasteiger partial charge in [0.05, 0.1) is 23.7 Å². The van der Waals surface area contributed by atoms with Gasteiger partial charge in [0.15, 0.2) is 0 Å². The number of hydrogen-bond donors (Lipinski definition) is 0. The van der Waals surface area contributed by atoms with Gasteiger partial charge in [0.2, 0.25) is 5.92 Å². The van der Waals surface area contributed by atoms with Gasteiger partial charge in [-0.15, -0.1) is 0 Å². The Morgan fingerprint density at radius 1 is 1.39 bits per heavy atom. The number of rotatable bonds is 4. The second-order valence-corrected chi connectivity index (χ2v) is 7.32. The molecule has 0 radical (unpaired) electrons. The van der Waals surface area contributed by atoms with Crippen LogP contribution in [0.15, 0.2) is 22.7 Å². The van der Waals surface area contributed by atoms with Crippen LogP contribution >= 0.6 is 15.9 Å². The molecule has 3 nitrogen and oxygen atoms in total. The predicted octanol–water partition coefficient (Wildman–Crippen LogP) is 5.30. The highest BCUT2D eigenvalue weighted by molar-refractivity contribution is 9.10. The number of aromatic nitrogens is 2. The van der Waals surface area contributed by atoms with Crippen LogP contribution in [0.2, 0.25) is 0 Å². The highest BCUT2D eigenvalue weighted by Crippen LogP contribution is 2.42. The second-order valence-electron chi connectivity index (χ2n) is 6.41. The van der Waals surface area contributed by atoms with E-state index in [0.29, 0.717) is 19.4 Å². The van der Waals surface area contributed by atoms with Gasteiger partial charge in [0.1, 0.15) is 5.82 Å². The van der Waals surface area contributed by atoms with Crippen molar-refractivity contribution in [2.24, 2.45) is 0 Å². The third kappa shape index (κ3) is 3.43. The van der Waals surface area contributed by atoms with Crippen molar-refractivity contribution in [3.8, 4) is 0 Å². The van der Waals surface area contributed by atoms with E-state index in [1.165, 1.54) is 0 Å². The van der Waals surface area contributed by atoms with Gasteiger partial charge in [-0.05, 0) is 38.0 Å². The molecule has 0 bridgehead atoms. The summed E-state index contributed by atoms with van der Waals surface area (Å²) in [6, 6.07) is 6.07. The molecule has 0 amide bonds. The van der Waals surface area contributed by atoms with E-state index in [9.17, 15) is 8.78 Å². The minimum atomic E-state index is -2.52. The largest absolute Gasteiger partial charge is 0.383 e. The van der Waals surface area contributed by atoms with E-state index in [1.807, 2.05) is 18.2 Å². The Morgan fingerprint density at radius 2 is 2.09 bits per heavy atom. The fourth-order valence-corrected chi connectivity index (χ4v) is 3.80. The second kappa shape index (κ2) is 6.48. The van der Waals surface area contributed by atoms with Crippen molar-refractivity contribution in [1.82, 2.24) is 9.55 Å². The lowest BCUT2D eigenvalue weighted by atomic mass is 9.86. The van der Waals surface area contributed by atoms with E-state index in [1.54, 1.807) is 7.11 Å². The summed E-state index contributed by atoms with van der Waals surface area (Å²) in [6.45, 7) is 2.64. The monoisotopic (exact) mass is 386 g/mol. The van der Waals surface area contributed by atoms with E-state index >= 15 is 0 Å². The Labute approximate surface area is 143 Å². The van der Waals surface area contributed by atoms with Gasteiger partial charge in [-0.1, -0.05) is 15.9 Å². The fourth-order valence-electron chi connectivity index (χ4n) is 3.45. The maximum atomic E-state index is 13.5. The number of imidazole rings is 1. The zero-order chi connectivity index (χ0) is 16.6. The Balaban J connectivity index is 2.03. The average molecular weight is 387 g/mol. The molecule has 1 aliphatic rings. The maximum absolute atomic E-state index is 13.5. The summed E-state index contributed by atoms with van der Waals surface area (Å²) < 4.78 is 35.4.